The summed E-state index contributed by atoms with van der Waals surface area (Å²) in [6, 6.07) is 7.29. The van der Waals surface area contributed by atoms with Gasteiger partial charge in [0.05, 0.1) is 4.92 Å². The Labute approximate surface area is 127 Å². The third-order valence-corrected chi connectivity index (χ3v) is 4.48. The topological polar surface area (TPSA) is 55.2 Å². The number of nitro benzene ring substituents is 1. The highest BCUT2D eigenvalue weighted by Gasteiger charge is 2.17. The summed E-state index contributed by atoms with van der Waals surface area (Å²) in [5.74, 6) is 0.880. The molecule has 1 aliphatic carbocycles. The number of hydrogen-bond donors (Lipinski definition) is 1. The molecule has 1 unspecified atom stereocenters. The Bertz CT molecular complexity index is 456. The zero-order valence-corrected chi connectivity index (χ0v) is 12.9. The molecule has 0 aromatic heterocycles. The Morgan fingerprint density at radius 2 is 2.14 bits per heavy atom. The lowest BCUT2D eigenvalue weighted by Gasteiger charge is -2.20. The van der Waals surface area contributed by atoms with Gasteiger partial charge in [0.2, 0.25) is 0 Å². The van der Waals surface area contributed by atoms with Crippen molar-refractivity contribution in [3.8, 4) is 0 Å². The van der Waals surface area contributed by atoms with Crippen molar-refractivity contribution in [1.82, 2.24) is 5.32 Å². The maximum atomic E-state index is 10.9. The molecule has 2 rings (SSSR count). The highest BCUT2D eigenvalue weighted by atomic mass is 16.6. The summed E-state index contributed by atoms with van der Waals surface area (Å²) < 4.78 is 0. The lowest BCUT2D eigenvalue weighted by Crippen LogP contribution is -2.23. The number of non-ortho nitro benzene ring substituents is 1. The van der Waals surface area contributed by atoms with Crippen LogP contribution in [0.1, 0.15) is 63.5 Å². The van der Waals surface area contributed by atoms with Crippen molar-refractivity contribution in [3.05, 3.63) is 39.9 Å². The van der Waals surface area contributed by atoms with Crippen LogP contribution in [0.3, 0.4) is 0 Å². The van der Waals surface area contributed by atoms with Crippen LogP contribution in [0.4, 0.5) is 5.69 Å². The molecule has 0 radical (unpaired) electrons. The fourth-order valence-corrected chi connectivity index (χ4v) is 3.29. The van der Waals surface area contributed by atoms with Crippen LogP contribution in [0.5, 0.6) is 0 Å². The maximum Gasteiger partial charge on any atom is 0.269 e. The Morgan fingerprint density at radius 1 is 1.38 bits per heavy atom. The molecule has 0 spiro atoms. The van der Waals surface area contributed by atoms with Gasteiger partial charge in [-0.3, -0.25) is 10.1 Å². The number of hydrogen-bond acceptors (Lipinski definition) is 3. The van der Waals surface area contributed by atoms with E-state index in [1.807, 2.05) is 6.07 Å². The number of rotatable bonds is 8. The lowest BCUT2D eigenvalue weighted by molar-refractivity contribution is -0.384. The Kier molecular flexibility index (Phi) is 6.18. The van der Waals surface area contributed by atoms with Gasteiger partial charge in [0, 0.05) is 18.2 Å². The monoisotopic (exact) mass is 290 g/mol. The molecule has 1 aliphatic rings. The maximum absolute atomic E-state index is 10.9. The number of benzene rings is 1. The standard InChI is InChI=1S/C17H26N2O2/c1-2-6-17(18-12-11-14-7-3-4-8-14)15-9-5-10-16(13-15)19(20)21/h5,9-10,13-14,17-18H,2-4,6-8,11-12H2,1H3. The first-order chi connectivity index (χ1) is 10.2. The SMILES string of the molecule is CCCC(NCCC1CCCC1)c1cccc([N+](=O)[O-])c1. The molecule has 1 N–H and O–H groups in total. The van der Waals surface area contributed by atoms with Crippen LogP contribution in [0.2, 0.25) is 0 Å². The predicted octanol–water partition coefficient (Wildman–Crippen LogP) is 4.61. The van der Waals surface area contributed by atoms with Crippen molar-refractivity contribution in [2.24, 2.45) is 5.92 Å². The zero-order chi connectivity index (χ0) is 15.1. The van der Waals surface area contributed by atoms with Gasteiger partial charge in [-0.1, -0.05) is 51.2 Å². The van der Waals surface area contributed by atoms with E-state index < -0.39 is 0 Å². The van der Waals surface area contributed by atoms with E-state index in [1.165, 1.54) is 32.1 Å². The Hall–Kier alpha value is -1.42. The highest BCUT2D eigenvalue weighted by molar-refractivity contribution is 5.35. The van der Waals surface area contributed by atoms with E-state index in [4.69, 9.17) is 0 Å². The van der Waals surface area contributed by atoms with E-state index in [-0.39, 0.29) is 16.7 Å². The molecule has 4 nitrogen and oxygen atoms in total. The summed E-state index contributed by atoms with van der Waals surface area (Å²) in [5, 5.41) is 14.5. The average molecular weight is 290 g/mol. The third-order valence-electron chi connectivity index (χ3n) is 4.48. The van der Waals surface area contributed by atoms with Gasteiger partial charge >= 0.3 is 0 Å². The fraction of sp³-hybridized carbons (Fsp3) is 0.647. The molecule has 1 saturated carbocycles. The molecule has 21 heavy (non-hydrogen) atoms. The van der Waals surface area contributed by atoms with Crippen molar-refractivity contribution < 1.29 is 4.92 Å². The van der Waals surface area contributed by atoms with Gasteiger partial charge in [-0.15, -0.1) is 0 Å². The van der Waals surface area contributed by atoms with Gasteiger partial charge in [-0.25, -0.2) is 0 Å². The quantitative estimate of drug-likeness (QED) is 0.562. The molecule has 1 aromatic carbocycles. The molecular weight excluding hydrogens is 264 g/mol. The van der Waals surface area contributed by atoms with Gasteiger partial charge < -0.3 is 5.32 Å². The van der Waals surface area contributed by atoms with Crippen LogP contribution >= 0.6 is 0 Å². The van der Waals surface area contributed by atoms with Gasteiger partial charge in [-0.2, -0.15) is 0 Å². The molecule has 0 heterocycles. The van der Waals surface area contributed by atoms with Gasteiger partial charge in [0.15, 0.2) is 0 Å². The van der Waals surface area contributed by atoms with Crippen LogP contribution in [-0.4, -0.2) is 11.5 Å². The molecule has 0 amide bonds. The minimum Gasteiger partial charge on any atom is -0.310 e. The van der Waals surface area contributed by atoms with E-state index in [2.05, 4.69) is 12.2 Å². The number of nitrogens with one attached hydrogen (secondary N) is 1. The summed E-state index contributed by atoms with van der Waals surface area (Å²) in [7, 11) is 0. The van der Waals surface area contributed by atoms with Crippen LogP contribution in [0.25, 0.3) is 0 Å². The second kappa shape index (κ2) is 8.13. The number of nitro groups is 1. The third kappa shape index (κ3) is 4.81. The van der Waals surface area contributed by atoms with Crippen LogP contribution in [0, 0.1) is 16.0 Å². The molecule has 1 fully saturated rings. The predicted molar refractivity (Wildman–Crippen MR) is 85.3 cm³/mol. The average Bonchev–Trinajstić information content (AvgIpc) is 3.00. The Balaban J connectivity index is 1.93. The minimum atomic E-state index is -0.314. The molecule has 116 valence electrons. The largest absolute Gasteiger partial charge is 0.310 e. The molecule has 0 bridgehead atoms. The first kappa shape index (κ1) is 16.0. The van der Waals surface area contributed by atoms with Crippen LogP contribution in [-0.2, 0) is 0 Å². The molecule has 0 aliphatic heterocycles. The van der Waals surface area contributed by atoms with Crippen molar-refractivity contribution in [2.75, 3.05) is 6.54 Å². The summed E-state index contributed by atoms with van der Waals surface area (Å²) in [6.07, 6.45) is 8.83. The second-order valence-electron chi connectivity index (χ2n) is 6.09. The van der Waals surface area contributed by atoms with Crippen molar-refractivity contribution >= 4 is 5.69 Å². The molecule has 4 heteroatoms. The first-order valence-electron chi connectivity index (χ1n) is 8.18. The fourth-order valence-electron chi connectivity index (χ4n) is 3.29. The molecule has 0 saturated heterocycles. The van der Waals surface area contributed by atoms with E-state index in [9.17, 15) is 10.1 Å². The second-order valence-corrected chi connectivity index (χ2v) is 6.09. The lowest BCUT2D eigenvalue weighted by atomic mass is 10.00. The van der Waals surface area contributed by atoms with Gasteiger partial charge in [0.1, 0.15) is 0 Å². The van der Waals surface area contributed by atoms with Crippen molar-refractivity contribution in [3.63, 3.8) is 0 Å². The highest BCUT2D eigenvalue weighted by Crippen LogP contribution is 2.28. The Morgan fingerprint density at radius 3 is 2.81 bits per heavy atom. The summed E-state index contributed by atoms with van der Waals surface area (Å²) in [4.78, 5) is 10.6. The minimum absolute atomic E-state index is 0.186. The summed E-state index contributed by atoms with van der Waals surface area (Å²) in [6.45, 7) is 3.17. The molecular formula is C17H26N2O2. The van der Waals surface area contributed by atoms with Crippen molar-refractivity contribution in [1.29, 1.82) is 0 Å². The molecule has 1 aromatic rings. The number of nitrogens with zero attached hydrogens (tertiary/aromatic N) is 1. The van der Waals surface area contributed by atoms with Gasteiger partial charge in [0.25, 0.3) is 5.69 Å². The van der Waals surface area contributed by atoms with Crippen molar-refractivity contribution in [2.45, 2.75) is 57.9 Å². The van der Waals surface area contributed by atoms with E-state index >= 15 is 0 Å². The van der Waals surface area contributed by atoms with E-state index in [1.54, 1.807) is 18.2 Å². The smallest absolute Gasteiger partial charge is 0.269 e. The van der Waals surface area contributed by atoms with E-state index in [0.717, 1.165) is 30.9 Å². The normalized spacial score (nSPS) is 17.0. The van der Waals surface area contributed by atoms with Crippen LogP contribution in [0.15, 0.2) is 24.3 Å². The first-order valence-corrected chi connectivity index (χ1v) is 8.18. The van der Waals surface area contributed by atoms with Gasteiger partial charge in [-0.05, 0) is 30.9 Å². The summed E-state index contributed by atoms with van der Waals surface area (Å²) in [5.41, 5.74) is 1.23. The van der Waals surface area contributed by atoms with E-state index in [0.29, 0.717) is 0 Å². The van der Waals surface area contributed by atoms with Crippen LogP contribution < -0.4 is 5.32 Å². The molecule has 1 atom stereocenters. The summed E-state index contributed by atoms with van der Waals surface area (Å²) >= 11 is 0. The zero-order valence-electron chi connectivity index (χ0n) is 12.9.